The summed E-state index contributed by atoms with van der Waals surface area (Å²) in [7, 11) is 1.67. The highest BCUT2D eigenvalue weighted by Crippen LogP contribution is 2.28. The summed E-state index contributed by atoms with van der Waals surface area (Å²) in [5.41, 5.74) is 0. The van der Waals surface area contributed by atoms with Crippen molar-refractivity contribution >= 4 is 28.4 Å². The predicted molar refractivity (Wildman–Crippen MR) is 66.0 cm³/mol. The lowest BCUT2D eigenvalue weighted by molar-refractivity contribution is -0.119. The Morgan fingerprint density at radius 1 is 1.47 bits per heavy atom. The van der Waals surface area contributed by atoms with Crippen LogP contribution in [0.2, 0.25) is 0 Å². The maximum atomic E-state index is 12.2. The van der Waals surface area contributed by atoms with Gasteiger partial charge in [0.25, 0.3) is 5.91 Å². The Bertz CT molecular complexity index is 430. The predicted octanol–water partition coefficient (Wildman–Crippen LogP) is 1.96. The molecular formula is C11H15N3O2S. The molecule has 1 aromatic rings. The molecule has 1 atom stereocenters. The minimum atomic E-state index is -0.355. The van der Waals surface area contributed by atoms with Crippen LogP contribution in [0.5, 0.6) is 0 Å². The van der Waals surface area contributed by atoms with Crippen molar-refractivity contribution < 1.29 is 9.59 Å². The third kappa shape index (κ3) is 2.04. The van der Waals surface area contributed by atoms with Crippen LogP contribution in [0.4, 0.5) is 9.93 Å². The second-order valence-corrected chi connectivity index (χ2v) is 5.40. The van der Waals surface area contributed by atoms with E-state index >= 15 is 0 Å². The third-order valence-electron chi connectivity index (χ3n) is 2.77. The van der Waals surface area contributed by atoms with Gasteiger partial charge in [-0.05, 0) is 12.3 Å². The van der Waals surface area contributed by atoms with Gasteiger partial charge in [0.15, 0.2) is 0 Å². The topological polar surface area (TPSA) is 53.5 Å². The molecule has 0 N–H and O–H groups in total. The molecule has 0 saturated carbocycles. The Kier molecular flexibility index (Phi) is 3.15. The number of carbonyl (C=O) groups is 2. The second-order valence-electron chi connectivity index (χ2n) is 4.53. The van der Waals surface area contributed by atoms with Crippen LogP contribution in [0, 0.1) is 5.92 Å². The van der Waals surface area contributed by atoms with E-state index in [1.54, 1.807) is 18.6 Å². The van der Waals surface area contributed by atoms with E-state index in [1.807, 2.05) is 13.8 Å². The molecule has 1 unspecified atom stereocenters. The van der Waals surface area contributed by atoms with E-state index < -0.39 is 0 Å². The minimum absolute atomic E-state index is 0.166. The van der Waals surface area contributed by atoms with Crippen molar-refractivity contribution in [1.29, 1.82) is 0 Å². The van der Waals surface area contributed by atoms with Crippen molar-refractivity contribution in [2.24, 2.45) is 5.92 Å². The first-order chi connectivity index (χ1) is 8.02. The van der Waals surface area contributed by atoms with E-state index in [9.17, 15) is 9.59 Å². The van der Waals surface area contributed by atoms with E-state index in [2.05, 4.69) is 4.98 Å². The summed E-state index contributed by atoms with van der Waals surface area (Å²) >= 11 is 1.30. The van der Waals surface area contributed by atoms with Gasteiger partial charge in [-0.15, -0.1) is 11.3 Å². The zero-order chi connectivity index (χ0) is 12.6. The summed E-state index contributed by atoms with van der Waals surface area (Å²) in [6.45, 7) is 4.08. The van der Waals surface area contributed by atoms with E-state index in [4.69, 9.17) is 0 Å². The minimum Gasteiger partial charge on any atom is -0.315 e. The molecule has 17 heavy (non-hydrogen) atoms. The third-order valence-corrected chi connectivity index (χ3v) is 3.53. The summed E-state index contributed by atoms with van der Waals surface area (Å²) in [6, 6.07) is -0.637. The monoisotopic (exact) mass is 253 g/mol. The maximum absolute atomic E-state index is 12.2. The number of aromatic nitrogens is 1. The van der Waals surface area contributed by atoms with Gasteiger partial charge in [0.2, 0.25) is 5.13 Å². The van der Waals surface area contributed by atoms with Crippen molar-refractivity contribution in [3.63, 3.8) is 0 Å². The fourth-order valence-electron chi connectivity index (χ4n) is 1.91. The maximum Gasteiger partial charge on any atom is 0.333 e. The van der Waals surface area contributed by atoms with Gasteiger partial charge >= 0.3 is 6.03 Å². The first kappa shape index (κ1) is 12.0. The van der Waals surface area contributed by atoms with Crippen LogP contribution in [0.15, 0.2) is 11.6 Å². The molecule has 2 heterocycles. The van der Waals surface area contributed by atoms with Crippen LogP contribution in [-0.4, -0.2) is 34.9 Å². The molecule has 2 rings (SSSR count). The van der Waals surface area contributed by atoms with Crippen molar-refractivity contribution in [2.75, 3.05) is 11.9 Å². The Hall–Kier alpha value is -1.43. The van der Waals surface area contributed by atoms with Crippen molar-refractivity contribution in [3.05, 3.63) is 11.6 Å². The van der Waals surface area contributed by atoms with E-state index in [-0.39, 0.29) is 18.0 Å². The average molecular weight is 253 g/mol. The lowest BCUT2D eigenvalue weighted by Gasteiger charge is -2.17. The lowest BCUT2D eigenvalue weighted by Crippen LogP contribution is -2.32. The first-order valence-corrected chi connectivity index (χ1v) is 6.40. The SMILES string of the molecule is CC(C)CC1C(=O)N(c2nccs2)C(=O)N1C. The number of imide groups is 1. The summed E-state index contributed by atoms with van der Waals surface area (Å²) in [5.74, 6) is 0.205. The number of nitrogens with zero attached hydrogens (tertiary/aromatic N) is 3. The number of carbonyl (C=O) groups excluding carboxylic acids is 2. The van der Waals surface area contributed by atoms with Gasteiger partial charge < -0.3 is 4.90 Å². The normalized spacial score (nSPS) is 20.8. The Morgan fingerprint density at radius 3 is 2.71 bits per heavy atom. The number of amides is 3. The molecule has 3 amide bonds. The van der Waals surface area contributed by atoms with Crippen LogP contribution in [0.1, 0.15) is 20.3 Å². The van der Waals surface area contributed by atoms with Crippen LogP contribution in [0.25, 0.3) is 0 Å². The molecular weight excluding hydrogens is 238 g/mol. The van der Waals surface area contributed by atoms with Gasteiger partial charge in [-0.3, -0.25) is 4.79 Å². The lowest BCUT2D eigenvalue weighted by atomic mass is 10.0. The molecule has 0 bridgehead atoms. The van der Waals surface area contributed by atoms with Crippen molar-refractivity contribution in [1.82, 2.24) is 9.88 Å². The number of hydrogen-bond donors (Lipinski definition) is 0. The summed E-state index contributed by atoms with van der Waals surface area (Å²) in [6.07, 6.45) is 2.28. The molecule has 1 aromatic heterocycles. The zero-order valence-corrected chi connectivity index (χ0v) is 10.9. The Morgan fingerprint density at radius 2 is 2.18 bits per heavy atom. The van der Waals surface area contributed by atoms with E-state index in [0.717, 1.165) is 0 Å². The second kappa shape index (κ2) is 4.44. The molecule has 0 aliphatic carbocycles. The highest BCUT2D eigenvalue weighted by Gasteiger charge is 2.44. The molecule has 0 radical (unpaired) electrons. The molecule has 1 saturated heterocycles. The first-order valence-electron chi connectivity index (χ1n) is 5.52. The number of urea groups is 1. The number of rotatable bonds is 3. The molecule has 92 valence electrons. The molecule has 0 spiro atoms. The van der Waals surface area contributed by atoms with Gasteiger partial charge in [-0.1, -0.05) is 13.8 Å². The van der Waals surface area contributed by atoms with E-state index in [0.29, 0.717) is 17.5 Å². The molecule has 6 heteroatoms. The molecule has 1 aliphatic heterocycles. The van der Waals surface area contributed by atoms with Crippen LogP contribution >= 0.6 is 11.3 Å². The van der Waals surface area contributed by atoms with Gasteiger partial charge in [-0.25, -0.2) is 14.7 Å². The summed E-state index contributed by atoms with van der Waals surface area (Å²) < 4.78 is 0. The van der Waals surface area contributed by atoms with E-state index in [1.165, 1.54) is 21.1 Å². The Labute approximate surface area is 104 Å². The van der Waals surface area contributed by atoms with Crippen LogP contribution < -0.4 is 4.90 Å². The highest BCUT2D eigenvalue weighted by atomic mass is 32.1. The number of thiazole rings is 1. The fourth-order valence-corrected chi connectivity index (χ4v) is 2.55. The standard InChI is InChI=1S/C11H15N3O2S/c1-7(2)6-8-9(15)14(11(16)13(8)3)10-12-4-5-17-10/h4-5,7-8H,6H2,1-3H3. The zero-order valence-electron chi connectivity index (χ0n) is 10.1. The van der Waals surface area contributed by atoms with Crippen molar-refractivity contribution in [2.45, 2.75) is 26.3 Å². The molecule has 0 aromatic carbocycles. The van der Waals surface area contributed by atoms with Gasteiger partial charge in [0.1, 0.15) is 6.04 Å². The van der Waals surface area contributed by atoms with Crippen molar-refractivity contribution in [3.8, 4) is 0 Å². The smallest absolute Gasteiger partial charge is 0.315 e. The quantitative estimate of drug-likeness (QED) is 0.774. The largest absolute Gasteiger partial charge is 0.333 e. The average Bonchev–Trinajstić information content (AvgIpc) is 2.83. The number of anilines is 1. The number of likely N-dealkylation sites (N-methyl/N-ethyl adjacent to an activating group) is 1. The highest BCUT2D eigenvalue weighted by molar-refractivity contribution is 7.14. The fraction of sp³-hybridized carbons (Fsp3) is 0.545. The van der Waals surface area contributed by atoms with Gasteiger partial charge in [-0.2, -0.15) is 0 Å². The molecule has 1 fully saturated rings. The number of hydrogen-bond acceptors (Lipinski definition) is 4. The van der Waals surface area contributed by atoms with Gasteiger partial charge in [0.05, 0.1) is 0 Å². The summed E-state index contributed by atoms with van der Waals surface area (Å²) in [5, 5.41) is 2.21. The molecule has 5 nitrogen and oxygen atoms in total. The van der Waals surface area contributed by atoms with Gasteiger partial charge in [0, 0.05) is 18.6 Å². The van der Waals surface area contributed by atoms with Crippen LogP contribution in [0.3, 0.4) is 0 Å². The van der Waals surface area contributed by atoms with Crippen LogP contribution in [-0.2, 0) is 4.79 Å². The molecule has 1 aliphatic rings. The summed E-state index contributed by atoms with van der Waals surface area (Å²) in [4.78, 5) is 30.9. The Balaban J connectivity index is 2.26.